The van der Waals surface area contributed by atoms with Crippen LogP contribution >= 0.6 is 0 Å². The fourth-order valence-corrected chi connectivity index (χ4v) is 1.53. The summed E-state index contributed by atoms with van der Waals surface area (Å²) in [6.45, 7) is 3.65. The fourth-order valence-electron chi connectivity index (χ4n) is 1.53. The molecule has 0 saturated carbocycles. The van der Waals surface area contributed by atoms with Gasteiger partial charge in [0.05, 0.1) is 6.10 Å². The average molecular weight is 312 g/mol. The Bertz CT molecular complexity index is 387. The van der Waals surface area contributed by atoms with Gasteiger partial charge in [-0.15, -0.1) is 0 Å². The summed E-state index contributed by atoms with van der Waals surface area (Å²) in [6.07, 6.45) is -5.71. The molecule has 0 aromatic heterocycles. The highest BCUT2D eigenvalue weighted by Crippen LogP contribution is 2.19. The lowest BCUT2D eigenvalue weighted by Gasteiger charge is -2.39. The molecule has 21 heavy (non-hydrogen) atoms. The second-order valence-corrected chi connectivity index (χ2v) is 5.70. The molecule has 1 N–H and O–H groups in total. The third-order valence-corrected chi connectivity index (χ3v) is 2.47. The number of ether oxygens (including phenoxy) is 2. The minimum atomic E-state index is -4.37. The van der Waals surface area contributed by atoms with E-state index in [1.165, 1.54) is 4.90 Å². The number of nitrogens with one attached hydrogen (secondary N) is 1. The molecule has 0 radical (unpaired) electrons. The number of nitrogens with zero attached hydrogens (tertiary/aromatic N) is 1. The van der Waals surface area contributed by atoms with Crippen LogP contribution in [0.15, 0.2) is 0 Å². The highest BCUT2D eigenvalue weighted by atomic mass is 19.4. The SMILES string of the molecule is CC(C)(C)OC(=O)NCC(=O)N1CC(OCC(F)(F)F)C1. The van der Waals surface area contributed by atoms with Gasteiger partial charge in [0.25, 0.3) is 0 Å². The van der Waals surface area contributed by atoms with Gasteiger partial charge in [-0.1, -0.05) is 0 Å². The van der Waals surface area contributed by atoms with E-state index in [-0.39, 0.29) is 19.6 Å². The molecule has 0 bridgehead atoms. The number of halogens is 3. The molecule has 0 aromatic carbocycles. The summed E-state index contributed by atoms with van der Waals surface area (Å²) in [6, 6.07) is 0. The molecule has 1 fully saturated rings. The Kier molecular flexibility index (Phi) is 5.43. The molecule has 0 atom stereocenters. The minimum absolute atomic E-state index is 0.0882. The Morgan fingerprint density at radius 2 is 1.81 bits per heavy atom. The number of carbonyl (C=O) groups excluding carboxylic acids is 2. The fraction of sp³-hybridized carbons (Fsp3) is 0.833. The molecule has 0 aromatic rings. The second kappa shape index (κ2) is 6.50. The molecule has 1 aliphatic heterocycles. The zero-order chi connectivity index (χ0) is 16.3. The van der Waals surface area contributed by atoms with Crippen LogP contribution in [0.4, 0.5) is 18.0 Å². The van der Waals surface area contributed by atoms with Crippen LogP contribution in [0.25, 0.3) is 0 Å². The van der Waals surface area contributed by atoms with Gasteiger partial charge in [-0.05, 0) is 20.8 Å². The van der Waals surface area contributed by atoms with Crippen LogP contribution in [0, 0.1) is 0 Å². The van der Waals surface area contributed by atoms with E-state index in [0.717, 1.165) is 0 Å². The summed E-state index contributed by atoms with van der Waals surface area (Å²) < 4.78 is 45.3. The number of amides is 2. The third-order valence-electron chi connectivity index (χ3n) is 2.47. The van der Waals surface area contributed by atoms with E-state index in [0.29, 0.717) is 0 Å². The smallest absolute Gasteiger partial charge is 0.411 e. The Labute approximate surface area is 120 Å². The number of hydrogen-bond donors (Lipinski definition) is 1. The van der Waals surface area contributed by atoms with Crippen molar-refractivity contribution < 1.29 is 32.2 Å². The van der Waals surface area contributed by atoms with Crippen molar-refractivity contribution in [1.82, 2.24) is 10.2 Å². The van der Waals surface area contributed by atoms with Gasteiger partial charge in [0.1, 0.15) is 18.8 Å². The van der Waals surface area contributed by atoms with E-state index >= 15 is 0 Å². The van der Waals surface area contributed by atoms with Crippen molar-refractivity contribution in [2.45, 2.75) is 38.7 Å². The van der Waals surface area contributed by atoms with Crippen molar-refractivity contribution in [2.75, 3.05) is 26.2 Å². The summed E-state index contributed by atoms with van der Waals surface area (Å²) in [5, 5.41) is 2.29. The molecule has 1 saturated heterocycles. The lowest BCUT2D eigenvalue weighted by Crippen LogP contribution is -2.57. The summed E-state index contributed by atoms with van der Waals surface area (Å²) in [5.41, 5.74) is -0.666. The van der Waals surface area contributed by atoms with Crippen LogP contribution in [0.2, 0.25) is 0 Å². The molecule has 0 spiro atoms. The maximum atomic E-state index is 11.9. The van der Waals surface area contributed by atoms with Crippen molar-refractivity contribution in [2.24, 2.45) is 0 Å². The van der Waals surface area contributed by atoms with Crippen LogP contribution in [-0.2, 0) is 14.3 Å². The maximum absolute atomic E-state index is 11.9. The Morgan fingerprint density at radius 1 is 1.24 bits per heavy atom. The molecular weight excluding hydrogens is 293 g/mol. The van der Waals surface area contributed by atoms with E-state index in [4.69, 9.17) is 4.74 Å². The normalized spacial score (nSPS) is 16.4. The second-order valence-electron chi connectivity index (χ2n) is 5.70. The summed E-state index contributed by atoms with van der Waals surface area (Å²) in [7, 11) is 0. The van der Waals surface area contributed by atoms with Gasteiger partial charge in [-0.2, -0.15) is 13.2 Å². The van der Waals surface area contributed by atoms with E-state index in [2.05, 4.69) is 10.1 Å². The molecule has 1 heterocycles. The van der Waals surface area contributed by atoms with Gasteiger partial charge >= 0.3 is 12.3 Å². The first-order valence-corrected chi connectivity index (χ1v) is 6.39. The molecule has 1 aliphatic rings. The van der Waals surface area contributed by atoms with Crippen molar-refractivity contribution in [1.29, 1.82) is 0 Å². The number of carbonyl (C=O) groups is 2. The number of alkyl halides is 3. The van der Waals surface area contributed by atoms with Gasteiger partial charge in [-0.3, -0.25) is 4.79 Å². The first kappa shape index (κ1) is 17.5. The van der Waals surface area contributed by atoms with Crippen LogP contribution in [0.3, 0.4) is 0 Å². The van der Waals surface area contributed by atoms with E-state index in [1.54, 1.807) is 20.8 Å². The Balaban J connectivity index is 2.17. The first-order valence-electron chi connectivity index (χ1n) is 6.39. The van der Waals surface area contributed by atoms with Gasteiger partial charge in [0.2, 0.25) is 5.91 Å². The van der Waals surface area contributed by atoms with E-state index < -0.39 is 36.5 Å². The zero-order valence-corrected chi connectivity index (χ0v) is 12.1. The maximum Gasteiger partial charge on any atom is 0.411 e. The molecule has 1 rings (SSSR count). The standard InChI is InChI=1S/C12H19F3N2O4/c1-11(2,3)21-10(19)16-4-9(18)17-5-8(6-17)20-7-12(13,14)15/h8H,4-7H2,1-3H3,(H,16,19). The molecule has 122 valence electrons. The van der Waals surface area contributed by atoms with Gasteiger partial charge < -0.3 is 19.7 Å². The minimum Gasteiger partial charge on any atom is -0.444 e. The predicted molar refractivity (Wildman–Crippen MR) is 66.6 cm³/mol. The van der Waals surface area contributed by atoms with E-state index in [9.17, 15) is 22.8 Å². The number of hydrogen-bond acceptors (Lipinski definition) is 4. The van der Waals surface area contributed by atoms with Gasteiger partial charge in [-0.25, -0.2) is 4.79 Å². The zero-order valence-electron chi connectivity index (χ0n) is 12.1. The quantitative estimate of drug-likeness (QED) is 0.849. The Morgan fingerprint density at radius 3 is 2.29 bits per heavy atom. The predicted octanol–water partition coefficient (Wildman–Crippen LogP) is 1.30. The van der Waals surface area contributed by atoms with Gasteiger partial charge in [0, 0.05) is 13.1 Å². The topological polar surface area (TPSA) is 67.9 Å². The van der Waals surface area contributed by atoms with Crippen LogP contribution in [-0.4, -0.2) is 61.0 Å². The number of likely N-dealkylation sites (tertiary alicyclic amines) is 1. The summed E-state index contributed by atoms with van der Waals surface area (Å²) in [5.74, 6) is -0.396. The van der Waals surface area contributed by atoms with Crippen molar-refractivity contribution in [3.63, 3.8) is 0 Å². The van der Waals surface area contributed by atoms with Crippen molar-refractivity contribution in [3.05, 3.63) is 0 Å². The molecular formula is C12H19F3N2O4. The average Bonchev–Trinajstić information content (AvgIpc) is 2.20. The Hall–Kier alpha value is -1.51. The molecule has 6 nitrogen and oxygen atoms in total. The largest absolute Gasteiger partial charge is 0.444 e. The lowest BCUT2D eigenvalue weighted by atomic mass is 10.1. The summed E-state index contributed by atoms with van der Waals surface area (Å²) in [4.78, 5) is 24.2. The van der Waals surface area contributed by atoms with Crippen LogP contribution < -0.4 is 5.32 Å². The number of alkyl carbamates (subject to hydrolysis) is 1. The molecule has 9 heteroatoms. The lowest BCUT2D eigenvalue weighted by molar-refractivity contribution is -0.199. The highest BCUT2D eigenvalue weighted by molar-refractivity contribution is 5.83. The molecule has 2 amide bonds. The third kappa shape index (κ3) is 7.16. The van der Waals surface area contributed by atoms with E-state index in [1.807, 2.05) is 0 Å². The highest BCUT2D eigenvalue weighted by Gasteiger charge is 2.35. The molecule has 0 unspecified atom stereocenters. The van der Waals surface area contributed by atoms with Crippen LogP contribution in [0.5, 0.6) is 0 Å². The van der Waals surface area contributed by atoms with Crippen LogP contribution in [0.1, 0.15) is 20.8 Å². The number of rotatable bonds is 4. The van der Waals surface area contributed by atoms with Crippen molar-refractivity contribution in [3.8, 4) is 0 Å². The monoisotopic (exact) mass is 312 g/mol. The summed E-state index contributed by atoms with van der Waals surface area (Å²) >= 11 is 0. The molecule has 0 aliphatic carbocycles. The van der Waals surface area contributed by atoms with Crippen molar-refractivity contribution >= 4 is 12.0 Å². The first-order chi connectivity index (χ1) is 9.46. The van der Waals surface area contributed by atoms with Gasteiger partial charge in [0.15, 0.2) is 0 Å².